The lowest BCUT2D eigenvalue weighted by Crippen LogP contribution is -2.44. The molecule has 2 aromatic rings. The lowest BCUT2D eigenvalue weighted by atomic mass is 10.0. The summed E-state index contributed by atoms with van der Waals surface area (Å²) in [6, 6.07) is 11.6. The normalized spacial score (nSPS) is 15.4. The Labute approximate surface area is 170 Å². The molecule has 1 aliphatic heterocycles. The van der Waals surface area contributed by atoms with Gasteiger partial charge in [-0.15, -0.1) is 0 Å². The summed E-state index contributed by atoms with van der Waals surface area (Å²) in [4.78, 5) is 19.3. The van der Waals surface area contributed by atoms with Gasteiger partial charge < -0.3 is 14.8 Å². The Morgan fingerprint density at radius 3 is 2.68 bits per heavy atom. The summed E-state index contributed by atoms with van der Waals surface area (Å²) in [5, 5.41) is 3.88. The minimum atomic E-state index is -0.142. The van der Waals surface area contributed by atoms with E-state index in [1.54, 1.807) is 25.4 Å². The van der Waals surface area contributed by atoms with E-state index in [2.05, 4.69) is 27.3 Å². The van der Waals surface area contributed by atoms with Crippen molar-refractivity contribution in [1.82, 2.24) is 15.2 Å². The van der Waals surface area contributed by atoms with Crippen LogP contribution in [0.5, 0.6) is 5.88 Å². The molecule has 1 saturated heterocycles. The molecule has 150 valence electrons. The highest BCUT2D eigenvalue weighted by Crippen LogP contribution is 2.18. The van der Waals surface area contributed by atoms with E-state index in [0.29, 0.717) is 24.7 Å². The molecule has 1 aliphatic rings. The molecule has 0 radical (unpaired) electrons. The van der Waals surface area contributed by atoms with E-state index in [9.17, 15) is 4.79 Å². The van der Waals surface area contributed by atoms with Gasteiger partial charge >= 0.3 is 0 Å². The number of carbonyl (C=O) groups excluding carboxylic acids is 1. The Kier molecular flexibility index (Phi) is 7.65. The molecule has 0 atom stereocenters. The fourth-order valence-corrected chi connectivity index (χ4v) is 3.37. The molecule has 1 fully saturated rings. The van der Waals surface area contributed by atoms with Crippen molar-refractivity contribution in [3.8, 4) is 5.88 Å². The van der Waals surface area contributed by atoms with Crippen molar-refractivity contribution in [2.24, 2.45) is 0 Å². The molecule has 6 nitrogen and oxygen atoms in total. The van der Waals surface area contributed by atoms with E-state index >= 15 is 0 Å². The average Bonchev–Trinajstić information content (AvgIpc) is 2.72. The van der Waals surface area contributed by atoms with Crippen LogP contribution in [0.2, 0.25) is 5.02 Å². The average molecular weight is 404 g/mol. The molecule has 1 aromatic heterocycles. The summed E-state index contributed by atoms with van der Waals surface area (Å²) in [6.07, 6.45) is 3.45. The van der Waals surface area contributed by atoms with Crippen LogP contribution in [-0.4, -0.2) is 55.2 Å². The highest BCUT2D eigenvalue weighted by molar-refractivity contribution is 6.30. The van der Waals surface area contributed by atoms with Crippen molar-refractivity contribution >= 4 is 17.5 Å². The van der Waals surface area contributed by atoms with E-state index in [1.807, 2.05) is 12.1 Å². The minimum Gasteiger partial charge on any atom is -0.475 e. The molecule has 0 aliphatic carbocycles. The van der Waals surface area contributed by atoms with E-state index in [4.69, 9.17) is 21.1 Å². The van der Waals surface area contributed by atoms with Crippen molar-refractivity contribution < 1.29 is 14.3 Å². The van der Waals surface area contributed by atoms with Gasteiger partial charge in [0.25, 0.3) is 5.91 Å². The zero-order chi connectivity index (χ0) is 19.8. The molecular weight excluding hydrogens is 378 g/mol. The van der Waals surface area contributed by atoms with Crippen LogP contribution in [0.4, 0.5) is 0 Å². The first-order valence-electron chi connectivity index (χ1n) is 9.50. The summed E-state index contributed by atoms with van der Waals surface area (Å²) >= 11 is 5.95. The third-order valence-corrected chi connectivity index (χ3v) is 5.04. The molecule has 3 rings (SSSR count). The van der Waals surface area contributed by atoms with Gasteiger partial charge in [-0.2, -0.15) is 0 Å². The number of hydrogen-bond donors (Lipinski definition) is 1. The molecule has 0 bridgehead atoms. The lowest BCUT2D eigenvalue weighted by molar-refractivity contribution is 0.0900. The number of rotatable bonds is 8. The first kappa shape index (κ1) is 20.6. The van der Waals surface area contributed by atoms with Crippen molar-refractivity contribution in [2.75, 3.05) is 33.4 Å². The molecule has 0 unspecified atom stereocenters. The van der Waals surface area contributed by atoms with Crippen LogP contribution in [0.25, 0.3) is 0 Å². The number of carbonyl (C=O) groups is 1. The SMILES string of the molecule is COCCOc1ncccc1C(=O)NC1CCN(Cc2ccc(Cl)cc2)CC1. The maximum absolute atomic E-state index is 12.7. The van der Waals surface area contributed by atoms with E-state index in [-0.39, 0.29) is 11.9 Å². The quantitative estimate of drug-likeness (QED) is 0.686. The van der Waals surface area contributed by atoms with Gasteiger partial charge in [0.2, 0.25) is 5.88 Å². The molecule has 1 aromatic carbocycles. The van der Waals surface area contributed by atoms with Crippen LogP contribution in [0.1, 0.15) is 28.8 Å². The highest BCUT2D eigenvalue weighted by atomic mass is 35.5. The van der Waals surface area contributed by atoms with Gasteiger partial charge in [-0.1, -0.05) is 23.7 Å². The number of pyridine rings is 1. The second kappa shape index (κ2) is 10.4. The van der Waals surface area contributed by atoms with Crippen LogP contribution in [0.3, 0.4) is 0 Å². The number of likely N-dealkylation sites (tertiary alicyclic amines) is 1. The molecule has 1 N–H and O–H groups in total. The van der Waals surface area contributed by atoms with Crippen LogP contribution in [0.15, 0.2) is 42.6 Å². The van der Waals surface area contributed by atoms with Crippen LogP contribution >= 0.6 is 11.6 Å². The molecule has 0 saturated carbocycles. The van der Waals surface area contributed by atoms with Gasteiger partial charge in [0, 0.05) is 44.0 Å². The van der Waals surface area contributed by atoms with Crippen LogP contribution in [-0.2, 0) is 11.3 Å². The van der Waals surface area contributed by atoms with E-state index in [1.165, 1.54) is 5.56 Å². The summed E-state index contributed by atoms with van der Waals surface area (Å²) in [7, 11) is 1.61. The van der Waals surface area contributed by atoms with Crippen molar-refractivity contribution in [3.63, 3.8) is 0 Å². The summed E-state index contributed by atoms with van der Waals surface area (Å²) < 4.78 is 10.5. The predicted octanol–water partition coefficient (Wildman–Crippen LogP) is 3.15. The third-order valence-electron chi connectivity index (χ3n) is 4.78. The molecule has 28 heavy (non-hydrogen) atoms. The van der Waals surface area contributed by atoms with E-state index in [0.717, 1.165) is 37.5 Å². The monoisotopic (exact) mass is 403 g/mol. The summed E-state index contributed by atoms with van der Waals surface area (Å²) in [5.74, 6) is 0.203. The highest BCUT2D eigenvalue weighted by Gasteiger charge is 2.23. The Morgan fingerprint density at radius 1 is 1.21 bits per heavy atom. The second-order valence-electron chi connectivity index (χ2n) is 6.85. The summed E-state index contributed by atoms with van der Waals surface area (Å²) in [6.45, 7) is 3.59. The zero-order valence-corrected chi connectivity index (χ0v) is 16.8. The maximum Gasteiger partial charge on any atom is 0.256 e. The molecule has 0 spiro atoms. The number of benzene rings is 1. The number of hydrogen-bond acceptors (Lipinski definition) is 5. The third kappa shape index (κ3) is 5.92. The first-order chi connectivity index (χ1) is 13.7. The van der Waals surface area contributed by atoms with Gasteiger partial charge in [0.15, 0.2) is 0 Å². The van der Waals surface area contributed by atoms with Crippen molar-refractivity contribution in [3.05, 3.63) is 58.7 Å². The largest absolute Gasteiger partial charge is 0.475 e. The fourth-order valence-electron chi connectivity index (χ4n) is 3.25. The van der Waals surface area contributed by atoms with Gasteiger partial charge in [0.1, 0.15) is 12.2 Å². The fraction of sp³-hybridized carbons (Fsp3) is 0.429. The van der Waals surface area contributed by atoms with E-state index < -0.39 is 0 Å². The van der Waals surface area contributed by atoms with Gasteiger partial charge in [-0.3, -0.25) is 9.69 Å². The smallest absolute Gasteiger partial charge is 0.256 e. The Bertz CT molecular complexity index is 762. The van der Waals surface area contributed by atoms with Crippen molar-refractivity contribution in [2.45, 2.75) is 25.4 Å². The lowest BCUT2D eigenvalue weighted by Gasteiger charge is -2.32. The number of piperidine rings is 1. The molecule has 2 heterocycles. The number of ether oxygens (including phenoxy) is 2. The number of nitrogens with zero attached hydrogens (tertiary/aromatic N) is 2. The molecule has 1 amide bonds. The number of amides is 1. The number of methoxy groups -OCH3 is 1. The van der Waals surface area contributed by atoms with Gasteiger partial charge in [-0.25, -0.2) is 4.98 Å². The zero-order valence-electron chi connectivity index (χ0n) is 16.1. The number of aromatic nitrogens is 1. The first-order valence-corrected chi connectivity index (χ1v) is 9.88. The Hall–Kier alpha value is -2.15. The van der Waals surface area contributed by atoms with Crippen LogP contribution < -0.4 is 10.1 Å². The summed E-state index contributed by atoms with van der Waals surface area (Å²) in [5.41, 5.74) is 1.71. The van der Waals surface area contributed by atoms with Gasteiger partial charge in [0.05, 0.1) is 6.61 Å². The van der Waals surface area contributed by atoms with Crippen LogP contribution in [0, 0.1) is 0 Å². The Morgan fingerprint density at radius 2 is 1.96 bits per heavy atom. The molecular formula is C21H26ClN3O3. The number of nitrogens with one attached hydrogen (secondary N) is 1. The maximum atomic E-state index is 12.7. The standard InChI is InChI=1S/C21H26ClN3O3/c1-27-13-14-28-21-19(3-2-10-23-21)20(26)24-18-8-11-25(12-9-18)15-16-4-6-17(22)7-5-16/h2-7,10,18H,8-9,11-15H2,1H3,(H,24,26). The predicted molar refractivity (Wildman–Crippen MR) is 109 cm³/mol. The Balaban J connectivity index is 1.49. The second-order valence-corrected chi connectivity index (χ2v) is 7.28. The number of halogens is 1. The topological polar surface area (TPSA) is 63.7 Å². The van der Waals surface area contributed by atoms with Crippen molar-refractivity contribution in [1.29, 1.82) is 0 Å². The minimum absolute atomic E-state index is 0.142. The van der Waals surface area contributed by atoms with Gasteiger partial charge in [-0.05, 0) is 42.7 Å². The molecule has 7 heteroatoms.